The highest BCUT2D eigenvalue weighted by Crippen LogP contribution is 2.41. The van der Waals surface area contributed by atoms with Crippen LogP contribution in [-0.2, 0) is 4.74 Å². The van der Waals surface area contributed by atoms with Crippen molar-refractivity contribution in [3.05, 3.63) is 72.2 Å². The molecule has 3 N–H and O–H groups in total. The summed E-state index contributed by atoms with van der Waals surface area (Å²) in [5.74, 6) is -1.36. The molecule has 0 spiro atoms. The smallest absolute Gasteiger partial charge is 0.411 e. The van der Waals surface area contributed by atoms with Crippen molar-refractivity contribution in [2.24, 2.45) is 5.73 Å². The van der Waals surface area contributed by atoms with E-state index in [4.69, 9.17) is 10.5 Å². The van der Waals surface area contributed by atoms with E-state index in [2.05, 4.69) is 20.2 Å². The van der Waals surface area contributed by atoms with Crippen molar-refractivity contribution < 1.29 is 18.3 Å². The predicted molar refractivity (Wildman–Crippen MR) is 140 cm³/mol. The van der Waals surface area contributed by atoms with Gasteiger partial charge in [-0.25, -0.2) is 13.6 Å². The minimum atomic E-state index is -0.725. The number of hydrogen-bond acceptors (Lipinski definition) is 7. The van der Waals surface area contributed by atoms with Crippen LogP contribution in [0.2, 0.25) is 0 Å². The Hall–Kier alpha value is -4.62. The average Bonchev–Trinajstić information content (AvgIpc) is 2.92. The Morgan fingerprint density at radius 1 is 1.08 bits per heavy atom. The molecule has 8 nitrogen and oxygen atoms in total. The Morgan fingerprint density at radius 2 is 1.82 bits per heavy atom. The third-order valence-electron chi connectivity index (χ3n) is 6.66. The number of methoxy groups -OCH3 is 1. The van der Waals surface area contributed by atoms with Crippen LogP contribution in [0.5, 0.6) is 0 Å². The lowest BCUT2D eigenvalue weighted by atomic mass is 9.95. The number of carbonyl (C=O) groups excluding carboxylic acids is 1. The second-order valence-electron chi connectivity index (χ2n) is 9.07. The number of nitriles is 1. The first-order valence-electron chi connectivity index (χ1n) is 12.0. The van der Waals surface area contributed by atoms with E-state index in [1.54, 1.807) is 12.4 Å². The number of rotatable bonds is 4. The fraction of sp³-hybridized carbons (Fsp3) is 0.214. The fourth-order valence-electron chi connectivity index (χ4n) is 4.78. The van der Waals surface area contributed by atoms with Gasteiger partial charge in [-0.3, -0.25) is 15.3 Å². The van der Waals surface area contributed by atoms with E-state index in [1.165, 1.54) is 25.4 Å². The first-order valence-corrected chi connectivity index (χ1v) is 12.0. The number of nitrogens with one attached hydrogen (secondary N) is 1. The number of fused-ring (bicyclic) bond motifs is 1. The molecule has 1 aliphatic rings. The topological polar surface area (TPSA) is 117 Å². The molecule has 1 amide bonds. The number of anilines is 2. The number of aromatic nitrogens is 2. The van der Waals surface area contributed by atoms with Gasteiger partial charge in [-0.15, -0.1) is 0 Å². The lowest BCUT2D eigenvalue weighted by Gasteiger charge is -2.34. The standard InChI is InChI=1S/C28H24F2N6O2/c1-38-28(37)35-26-18(12-31)13-33-14-23(26)16-2-3-25-22(10-16)27(36-6-4-21(32)5-7-36)24(15-34-25)17-8-19(29)11-20(30)9-17/h2-3,8-11,13-15,21H,4-7,32H2,1H3,(H,33,35,37). The monoisotopic (exact) mass is 514 g/mol. The highest BCUT2D eigenvalue weighted by atomic mass is 19.1. The Kier molecular flexibility index (Phi) is 6.85. The number of ether oxygens (including phenoxy) is 1. The molecule has 5 rings (SSSR count). The molecular formula is C28H24F2N6O2. The molecule has 0 aliphatic carbocycles. The average molecular weight is 515 g/mol. The summed E-state index contributed by atoms with van der Waals surface area (Å²) in [7, 11) is 1.23. The number of hydrogen-bond donors (Lipinski definition) is 2. The molecule has 1 saturated heterocycles. The Bertz CT molecular complexity index is 1560. The van der Waals surface area contributed by atoms with E-state index in [0.717, 1.165) is 30.0 Å². The van der Waals surface area contributed by atoms with Gasteiger partial charge in [0.05, 0.1) is 29.6 Å². The van der Waals surface area contributed by atoms with Crippen molar-refractivity contribution in [1.29, 1.82) is 5.26 Å². The van der Waals surface area contributed by atoms with E-state index in [0.29, 0.717) is 40.9 Å². The fourth-order valence-corrected chi connectivity index (χ4v) is 4.78. The second kappa shape index (κ2) is 10.4. The van der Waals surface area contributed by atoms with Gasteiger partial charge in [0.25, 0.3) is 0 Å². The van der Waals surface area contributed by atoms with Gasteiger partial charge in [-0.05, 0) is 48.2 Å². The third kappa shape index (κ3) is 4.84. The number of amides is 1. The number of nitrogens with two attached hydrogens (primary N) is 1. The first kappa shape index (κ1) is 25.0. The molecule has 0 unspecified atom stereocenters. The van der Waals surface area contributed by atoms with E-state index in [9.17, 15) is 18.8 Å². The number of benzene rings is 2. The van der Waals surface area contributed by atoms with Crippen molar-refractivity contribution in [2.75, 3.05) is 30.4 Å². The number of pyridine rings is 2. The summed E-state index contributed by atoms with van der Waals surface area (Å²) in [6.07, 6.45) is 5.34. The highest BCUT2D eigenvalue weighted by molar-refractivity contribution is 6.03. The van der Waals surface area contributed by atoms with Gasteiger partial charge in [-0.1, -0.05) is 6.07 Å². The zero-order valence-electron chi connectivity index (χ0n) is 20.5. The molecule has 3 heterocycles. The van der Waals surface area contributed by atoms with Crippen molar-refractivity contribution in [3.63, 3.8) is 0 Å². The molecule has 4 aromatic rings. The summed E-state index contributed by atoms with van der Waals surface area (Å²) >= 11 is 0. The van der Waals surface area contributed by atoms with Crippen LogP contribution in [0.1, 0.15) is 18.4 Å². The normalized spacial score (nSPS) is 13.8. The van der Waals surface area contributed by atoms with Gasteiger partial charge < -0.3 is 15.4 Å². The molecule has 1 fully saturated rings. The van der Waals surface area contributed by atoms with E-state index in [-0.39, 0.29) is 17.3 Å². The minimum Gasteiger partial charge on any atom is -0.453 e. The summed E-state index contributed by atoms with van der Waals surface area (Å²) in [5.41, 5.74) is 10.2. The molecule has 0 radical (unpaired) electrons. The van der Waals surface area contributed by atoms with Crippen molar-refractivity contribution in [1.82, 2.24) is 9.97 Å². The maximum Gasteiger partial charge on any atom is 0.411 e. The van der Waals surface area contributed by atoms with Crippen molar-refractivity contribution >= 4 is 28.4 Å². The number of nitrogens with zero attached hydrogens (tertiary/aromatic N) is 4. The maximum atomic E-state index is 14.2. The molecule has 0 atom stereocenters. The van der Waals surface area contributed by atoms with Crippen LogP contribution in [0, 0.1) is 23.0 Å². The van der Waals surface area contributed by atoms with Gasteiger partial charge in [0.1, 0.15) is 17.7 Å². The molecule has 0 bridgehead atoms. The number of carbonyl (C=O) groups is 1. The SMILES string of the molecule is COC(=O)Nc1c(C#N)cncc1-c1ccc2ncc(-c3cc(F)cc(F)c3)c(N3CCC(N)CC3)c2c1. The number of piperidine rings is 1. The molecule has 0 saturated carbocycles. The molecule has 192 valence electrons. The molecule has 2 aromatic carbocycles. The van der Waals surface area contributed by atoms with Crippen molar-refractivity contribution in [2.45, 2.75) is 18.9 Å². The summed E-state index contributed by atoms with van der Waals surface area (Å²) in [5, 5.41) is 13.0. The Labute approximate surface area is 217 Å². The van der Waals surface area contributed by atoms with Crippen molar-refractivity contribution in [3.8, 4) is 28.3 Å². The van der Waals surface area contributed by atoms with Crippen LogP contribution >= 0.6 is 0 Å². The Balaban J connectivity index is 1.75. The largest absolute Gasteiger partial charge is 0.453 e. The summed E-state index contributed by atoms with van der Waals surface area (Å²) in [4.78, 5) is 23.0. The predicted octanol–water partition coefficient (Wildman–Crippen LogP) is 5.22. The molecule has 10 heteroatoms. The highest BCUT2D eigenvalue weighted by Gasteiger charge is 2.23. The molecule has 1 aliphatic heterocycles. The molecular weight excluding hydrogens is 490 g/mol. The third-order valence-corrected chi connectivity index (χ3v) is 6.66. The van der Waals surface area contributed by atoms with Crippen LogP contribution in [0.25, 0.3) is 33.2 Å². The van der Waals surface area contributed by atoms with Gasteiger partial charge in [-0.2, -0.15) is 5.26 Å². The van der Waals surface area contributed by atoms with Gasteiger partial charge in [0, 0.05) is 60.3 Å². The van der Waals surface area contributed by atoms with E-state index in [1.807, 2.05) is 24.3 Å². The van der Waals surface area contributed by atoms with E-state index >= 15 is 0 Å². The van der Waals surface area contributed by atoms with Crippen LogP contribution in [0.3, 0.4) is 0 Å². The molecule has 2 aromatic heterocycles. The van der Waals surface area contributed by atoms with Crippen LogP contribution in [-0.4, -0.2) is 42.3 Å². The zero-order valence-corrected chi connectivity index (χ0v) is 20.5. The van der Waals surface area contributed by atoms with Gasteiger partial charge >= 0.3 is 6.09 Å². The lowest BCUT2D eigenvalue weighted by molar-refractivity contribution is 0.187. The van der Waals surface area contributed by atoms with E-state index < -0.39 is 17.7 Å². The lowest BCUT2D eigenvalue weighted by Crippen LogP contribution is -2.40. The number of halogens is 2. The quantitative estimate of drug-likeness (QED) is 0.383. The zero-order chi connectivity index (χ0) is 26.8. The minimum absolute atomic E-state index is 0.0803. The van der Waals surface area contributed by atoms with Gasteiger partial charge in [0.15, 0.2) is 0 Å². The van der Waals surface area contributed by atoms with Gasteiger partial charge in [0.2, 0.25) is 0 Å². The Morgan fingerprint density at radius 3 is 2.50 bits per heavy atom. The van der Waals surface area contributed by atoms with Crippen LogP contribution in [0.15, 0.2) is 55.0 Å². The summed E-state index contributed by atoms with van der Waals surface area (Å²) in [6.45, 7) is 1.33. The maximum absolute atomic E-state index is 14.2. The van der Waals surface area contributed by atoms with Crippen LogP contribution in [0.4, 0.5) is 25.0 Å². The summed E-state index contributed by atoms with van der Waals surface area (Å²) < 4.78 is 33.2. The van der Waals surface area contributed by atoms with Crippen LogP contribution < -0.4 is 16.0 Å². The first-order chi connectivity index (χ1) is 18.4. The molecule has 38 heavy (non-hydrogen) atoms. The summed E-state index contributed by atoms with van der Waals surface area (Å²) in [6, 6.07) is 11.0. The second-order valence-corrected chi connectivity index (χ2v) is 9.07.